The Hall–Kier alpha value is -3.22. The first-order chi connectivity index (χ1) is 17.2. The standard InChI is InChI=1S/C24H29N5O6S/c1-24(2)34-16-19(35-24)15-33-23-25-21(28-9-11-36(30,31)12-10-28)14-22(26-23)29-8-7-20(27-29)17-5-4-6-18(13-17)32-3/h4-8,13-14,19H,9-12,15-16H2,1-3H3. The van der Waals surface area contributed by atoms with Gasteiger partial charge in [0, 0.05) is 30.9 Å². The highest BCUT2D eigenvalue weighted by atomic mass is 32.2. The van der Waals surface area contributed by atoms with Gasteiger partial charge in [0.25, 0.3) is 0 Å². The fourth-order valence-corrected chi connectivity index (χ4v) is 5.29. The van der Waals surface area contributed by atoms with E-state index in [9.17, 15) is 8.42 Å². The molecule has 36 heavy (non-hydrogen) atoms. The fourth-order valence-electron chi connectivity index (χ4n) is 4.09. The van der Waals surface area contributed by atoms with Crippen LogP contribution < -0.4 is 14.4 Å². The van der Waals surface area contributed by atoms with Gasteiger partial charge in [0.05, 0.1) is 30.9 Å². The van der Waals surface area contributed by atoms with Crippen LogP contribution in [0.1, 0.15) is 13.8 Å². The Morgan fingerprint density at radius 1 is 1.11 bits per heavy atom. The van der Waals surface area contributed by atoms with E-state index < -0.39 is 15.6 Å². The summed E-state index contributed by atoms with van der Waals surface area (Å²) in [7, 11) is -1.41. The Balaban J connectivity index is 1.42. The summed E-state index contributed by atoms with van der Waals surface area (Å²) < 4.78 is 48.2. The second-order valence-electron chi connectivity index (χ2n) is 9.14. The van der Waals surface area contributed by atoms with Crippen LogP contribution in [0, 0.1) is 0 Å². The zero-order valence-electron chi connectivity index (χ0n) is 20.5. The van der Waals surface area contributed by atoms with Crippen molar-refractivity contribution in [1.82, 2.24) is 19.7 Å². The Kier molecular flexibility index (Phi) is 6.58. The van der Waals surface area contributed by atoms with Gasteiger partial charge in [0.1, 0.15) is 24.3 Å². The maximum Gasteiger partial charge on any atom is 0.320 e. The van der Waals surface area contributed by atoms with Crippen molar-refractivity contribution >= 4 is 15.7 Å². The summed E-state index contributed by atoms with van der Waals surface area (Å²) in [6.45, 7) is 5.02. The lowest BCUT2D eigenvalue weighted by Crippen LogP contribution is -2.40. The minimum Gasteiger partial charge on any atom is -0.497 e. The first-order valence-corrected chi connectivity index (χ1v) is 13.5. The van der Waals surface area contributed by atoms with Gasteiger partial charge in [-0.05, 0) is 32.0 Å². The number of nitrogens with zero attached hydrogens (tertiary/aromatic N) is 5. The lowest BCUT2D eigenvalue weighted by atomic mass is 10.1. The van der Waals surface area contributed by atoms with E-state index >= 15 is 0 Å². The van der Waals surface area contributed by atoms with Crippen LogP contribution in [-0.4, -0.2) is 85.0 Å². The first-order valence-electron chi connectivity index (χ1n) is 11.7. The van der Waals surface area contributed by atoms with Gasteiger partial charge in [0.2, 0.25) is 0 Å². The minimum atomic E-state index is -3.04. The molecule has 1 atom stereocenters. The van der Waals surface area contributed by atoms with Gasteiger partial charge in [-0.2, -0.15) is 15.1 Å². The molecule has 2 fully saturated rings. The molecule has 2 aliphatic rings. The van der Waals surface area contributed by atoms with Crippen molar-refractivity contribution in [2.45, 2.75) is 25.7 Å². The smallest absolute Gasteiger partial charge is 0.320 e. The highest BCUT2D eigenvalue weighted by Gasteiger charge is 2.33. The molecule has 1 aromatic carbocycles. The predicted molar refractivity (Wildman–Crippen MR) is 132 cm³/mol. The quantitative estimate of drug-likeness (QED) is 0.463. The van der Waals surface area contributed by atoms with Gasteiger partial charge < -0.3 is 23.8 Å². The van der Waals surface area contributed by atoms with Crippen LogP contribution in [0.2, 0.25) is 0 Å². The third kappa shape index (κ3) is 5.61. The third-order valence-corrected chi connectivity index (χ3v) is 7.61. The molecule has 0 aliphatic carbocycles. The lowest BCUT2D eigenvalue weighted by molar-refractivity contribution is -0.141. The second kappa shape index (κ2) is 9.68. The molecule has 5 rings (SSSR count). The zero-order valence-corrected chi connectivity index (χ0v) is 21.3. The Morgan fingerprint density at radius 3 is 2.61 bits per heavy atom. The van der Waals surface area contributed by atoms with Crippen molar-refractivity contribution in [2.75, 3.05) is 49.8 Å². The molecule has 0 amide bonds. The SMILES string of the molecule is COc1cccc(-c2ccn(-c3cc(N4CCS(=O)(=O)CC4)nc(OCC4COC(C)(C)O4)n3)n2)c1. The Bertz CT molecular complexity index is 1330. The summed E-state index contributed by atoms with van der Waals surface area (Å²) in [5.41, 5.74) is 1.65. The van der Waals surface area contributed by atoms with E-state index in [-0.39, 0.29) is 30.2 Å². The van der Waals surface area contributed by atoms with E-state index in [0.717, 1.165) is 17.0 Å². The largest absolute Gasteiger partial charge is 0.497 e. The second-order valence-corrected chi connectivity index (χ2v) is 11.4. The normalized spacial score (nSPS) is 20.9. The zero-order chi connectivity index (χ0) is 25.3. The molecule has 0 N–H and O–H groups in total. The van der Waals surface area contributed by atoms with Crippen molar-refractivity contribution in [1.29, 1.82) is 0 Å². The molecule has 0 saturated carbocycles. The summed E-state index contributed by atoms with van der Waals surface area (Å²) in [5.74, 6) is 1.31. The van der Waals surface area contributed by atoms with E-state index in [2.05, 4.69) is 15.1 Å². The molecule has 192 valence electrons. The monoisotopic (exact) mass is 515 g/mol. The lowest BCUT2D eigenvalue weighted by Gasteiger charge is -2.28. The van der Waals surface area contributed by atoms with E-state index in [0.29, 0.717) is 31.3 Å². The van der Waals surface area contributed by atoms with Crippen LogP contribution in [0.4, 0.5) is 5.82 Å². The minimum absolute atomic E-state index is 0.0760. The van der Waals surface area contributed by atoms with E-state index in [1.165, 1.54) is 0 Å². The third-order valence-electron chi connectivity index (χ3n) is 6.00. The van der Waals surface area contributed by atoms with Crippen molar-refractivity contribution < 1.29 is 27.4 Å². The number of anilines is 1. The number of hydrogen-bond acceptors (Lipinski definition) is 10. The summed E-state index contributed by atoms with van der Waals surface area (Å²) >= 11 is 0. The van der Waals surface area contributed by atoms with E-state index in [1.807, 2.05) is 55.3 Å². The number of sulfone groups is 1. The van der Waals surface area contributed by atoms with Crippen LogP contribution in [0.5, 0.6) is 11.8 Å². The fraction of sp³-hybridized carbons (Fsp3) is 0.458. The van der Waals surface area contributed by atoms with Crippen LogP contribution in [-0.2, 0) is 19.3 Å². The van der Waals surface area contributed by atoms with Crippen LogP contribution in [0.15, 0.2) is 42.6 Å². The molecule has 0 spiro atoms. The van der Waals surface area contributed by atoms with Crippen LogP contribution in [0.25, 0.3) is 17.1 Å². The Labute approximate surface area is 209 Å². The van der Waals surface area contributed by atoms with Gasteiger partial charge in [-0.3, -0.25) is 0 Å². The van der Waals surface area contributed by atoms with Crippen LogP contribution in [0.3, 0.4) is 0 Å². The molecule has 0 radical (unpaired) electrons. The number of methoxy groups -OCH3 is 1. The molecule has 3 aromatic rings. The van der Waals surface area contributed by atoms with Crippen molar-refractivity contribution in [3.8, 4) is 28.8 Å². The molecule has 2 saturated heterocycles. The van der Waals surface area contributed by atoms with Crippen molar-refractivity contribution in [3.05, 3.63) is 42.6 Å². The first kappa shape index (κ1) is 24.5. The summed E-state index contributed by atoms with van der Waals surface area (Å²) in [5, 5.41) is 4.69. The maximum atomic E-state index is 11.9. The molecule has 0 bridgehead atoms. The highest BCUT2D eigenvalue weighted by molar-refractivity contribution is 7.91. The number of benzene rings is 1. The predicted octanol–water partition coefficient (Wildman–Crippen LogP) is 2.10. The van der Waals surface area contributed by atoms with E-state index in [4.69, 9.17) is 18.9 Å². The van der Waals surface area contributed by atoms with Crippen molar-refractivity contribution in [3.63, 3.8) is 0 Å². The highest BCUT2D eigenvalue weighted by Crippen LogP contribution is 2.26. The molecular formula is C24H29N5O6S. The molecule has 1 unspecified atom stereocenters. The molecule has 2 aliphatic heterocycles. The molecular weight excluding hydrogens is 486 g/mol. The maximum absolute atomic E-state index is 11.9. The number of hydrogen-bond donors (Lipinski definition) is 0. The molecule has 4 heterocycles. The molecule has 11 nitrogen and oxygen atoms in total. The van der Waals surface area contributed by atoms with Gasteiger partial charge in [-0.25, -0.2) is 13.1 Å². The number of aromatic nitrogens is 4. The summed E-state index contributed by atoms with van der Waals surface area (Å²) in [6, 6.07) is 11.5. The molecule has 2 aromatic heterocycles. The number of rotatable bonds is 7. The van der Waals surface area contributed by atoms with Crippen LogP contribution >= 0.6 is 0 Å². The molecule has 12 heteroatoms. The summed E-state index contributed by atoms with van der Waals surface area (Å²) in [6.07, 6.45) is 1.56. The van der Waals surface area contributed by atoms with Gasteiger partial charge in [0.15, 0.2) is 21.4 Å². The Morgan fingerprint density at radius 2 is 1.89 bits per heavy atom. The van der Waals surface area contributed by atoms with E-state index in [1.54, 1.807) is 17.9 Å². The summed E-state index contributed by atoms with van der Waals surface area (Å²) in [4.78, 5) is 11.0. The van der Waals surface area contributed by atoms with Gasteiger partial charge in [-0.15, -0.1) is 0 Å². The number of ether oxygens (including phenoxy) is 4. The van der Waals surface area contributed by atoms with Gasteiger partial charge >= 0.3 is 6.01 Å². The van der Waals surface area contributed by atoms with Crippen molar-refractivity contribution in [2.24, 2.45) is 0 Å². The van der Waals surface area contributed by atoms with Gasteiger partial charge in [-0.1, -0.05) is 12.1 Å². The average Bonchev–Trinajstić information content (AvgIpc) is 3.49. The topological polar surface area (TPSA) is 118 Å². The average molecular weight is 516 g/mol.